The van der Waals surface area contributed by atoms with E-state index in [1.54, 1.807) is 31.7 Å². The normalized spacial score (nSPS) is 20.0. The number of H-pyrrole nitrogens is 1. The first-order chi connectivity index (χ1) is 24.1. The van der Waals surface area contributed by atoms with Gasteiger partial charge in [-0.25, -0.2) is 14.6 Å². The Kier molecular flexibility index (Phi) is 8.96. The number of ether oxygens (including phenoxy) is 2. The van der Waals surface area contributed by atoms with Crippen molar-refractivity contribution in [1.29, 1.82) is 0 Å². The molecule has 3 aliphatic heterocycles. The predicted molar refractivity (Wildman–Crippen MR) is 188 cm³/mol. The average Bonchev–Trinajstić information content (AvgIpc) is 3.67. The van der Waals surface area contributed by atoms with Crippen LogP contribution in [0.5, 0.6) is 0 Å². The molecule has 3 aromatic carbocycles. The smallest absolute Gasteiger partial charge is 0.408 e. The lowest BCUT2D eigenvalue weighted by molar-refractivity contribution is -0.153. The van der Waals surface area contributed by atoms with E-state index in [0.717, 1.165) is 22.2 Å². The van der Waals surface area contributed by atoms with Gasteiger partial charge >= 0.3 is 12.1 Å². The summed E-state index contributed by atoms with van der Waals surface area (Å²) in [4.78, 5) is 65.3. The number of nitrogens with one attached hydrogen (secondary N) is 2. The van der Waals surface area contributed by atoms with Gasteiger partial charge in [-0.3, -0.25) is 14.5 Å². The molecule has 11 nitrogen and oxygen atoms in total. The number of esters is 1. The van der Waals surface area contributed by atoms with Crippen LogP contribution in [-0.4, -0.2) is 73.0 Å². The molecule has 0 radical (unpaired) electrons. The molecule has 0 saturated carbocycles. The fourth-order valence-corrected chi connectivity index (χ4v) is 7.65. The van der Waals surface area contributed by atoms with Crippen molar-refractivity contribution in [1.82, 2.24) is 25.1 Å². The lowest BCUT2D eigenvalue weighted by atomic mass is 10.00. The lowest BCUT2D eigenvalue weighted by Gasteiger charge is -2.49. The van der Waals surface area contributed by atoms with Crippen molar-refractivity contribution in [2.75, 3.05) is 12.3 Å². The minimum absolute atomic E-state index is 0.0638. The Bertz CT molecular complexity index is 1950. The van der Waals surface area contributed by atoms with E-state index >= 15 is 0 Å². The Morgan fingerprint density at radius 1 is 1.00 bits per heavy atom. The van der Waals surface area contributed by atoms with E-state index in [9.17, 15) is 19.2 Å². The van der Waals surface area contributed by atoms with Crippen LogP contribution in [0.2, 0.25) is 0 Å². The molecule has 0 bridgehead atoms. The van der Waals surface area contributed by atoms with E-state index in [1.807, 2.05) is 84.9 Å². The van der Waals surface area contributed by atoms with Crippen molar-refractivity contribution in [3.63, 3.8) is 0 Å². The quantitative estimate of drug-likeness (QED) is 0.138. The Labute approximate surface area is 293 Å². The number of carbonyl (C=O) groups is 4. The average molecular weight is 692 g/mol. The Balaban J connectivity index is 1.19. The van der Waals surface area contributed by atoms with E-state index in [4.69, 9.17) is 9.47 Å². The molecule has 0 unspecified atom stereocenters. The first kappa shape index (κ1) is 33.2. The second-order valence-electron chi connectivity index (χ2n) is 13.4. The maximum Gasteiger partial charge on any atom is 0.408 e. The van der Waals surface area contributed by atoms with E-state index < -0.39 is 41.1 Å². The van der Waals surface area contributed by atoms with Crippen LogP contribution >= 0.6 is 11.8 Å². The fraction of sp³-hybridized carbons (Fsp3) is 0.289. The SMILES string of the molecule is CC(C)(C)OC(=O)N[C@@H]1C(=O)N2C(C(=O)OC(c3ccccc3)c3ccccc3)=C(/C=C3\CCN(Cc4nc5ccccc5[nH]4)C3=O)CS[C@H]12. The number of β-lactam (4-membered cyclic amide) rings is 1. The number of amides is 3. The number of allylic oxidation sites excluding steroid dienone is 1. The molecule has 2 saturated heterocycles. The minimum Gasteiger partial charge on any atom is -0.448 e. The number of rotatable bonds is 8. The van der Waals surface area contributed by atoms with Crippen molar-refractivity contribution in [3.05, 3.63) is 125 Å². The molecule has 0 spiro atoms. The zero-order valence-electron chi connectivity index (χ0n) is 27.9. The summed E-state index contributed by atoms with van der Waals surface area (Å²) in [5.74, 6) is -0.330. The van der Waals surface area contributed by atoms with E-state index in [0.29, 0.717) is 42.2 Å². The van der Waals surface area contributed by atoms with Gasteiger partial charge in [-0.1, -0.05) is 72.8 Å². The second kappa shape index (κ2) is 13.5. The number of aromatic nitrogens is 2. The van der Waals surface area contributed by atoms with E-state index in [-0.39, 0.29) is 11.6 Å². The molecule has 12 heteroatoms. The number of aromatic amines is 1. The van der Waals surface area contributed by atoms with Crippen LogP contribution < -0.4 is 5.32 Å². The number of hydrogen-bond donors (Lipinski definition) is 2. The van der Waals surface area contributed by atoms with Crippen molar-refractivity contribution in [2.45, 2.75) is 56.9 Å². The summed E-state index contributed by atoms with van der Waals surface area (Å²) in [6, 6.07) is 25.6. The van der Waals surface area contributed by atoms with Crippen molar-refractivity contribution < 1.29 is 28.7 Å². The molecule has 4 heterocycles. The van der Waals surface area contributed by atoms with Gasteiger partial charge in [0.15, 0.2) is 6.10 Å². The Morgan fingerprint density at radius 3 is 2.32 bits per heavy atom. The Hall–Kier alpha value is -5.36. The van der Waals surface area contributed by atoms with E-state index in [2.05, 4.69) is 15.3 Å². The van der Waals surface area contributed by atoms with Crippen LogP contribution in [0.4, 0.5) is 4.79 Å². The van der Waals surface area contributed by atoms with E-state index in [1.165, 1.54) is 16.7 Å². The van der Waals surface area contributed by atoms with Crippen LogP contribution in [0.25, 0.3) is 11.0 Å². The molecule has 3 aliphatic rings. The summed E-state index contributed by atoms with van der Waals surface area (Å²) in [5, 5.41) is 2.11. The highest BCUT2D eigenvalue weighted by Gasteiger charge is 2.55. The molecule has 3 amide bonds. The third-order valence-electron chi connectivity index (χ3n) is 8.63. The first-order valence-electron chi connectivity index (χ1n) is 16.5. The number of fused-ring (bicyclic) bond motifs is 2. The first-order valence-corrected chi connectivity index (χ1v) is 17.5. The largest absolute Gasteiger partial charge is 0.448 e. The summed E-state index contributed by atoms with van der Waals surface area (Å²) in [6.07, 6.45) is 0.722. The van der Waals surface area contributed by atoms with Gasteiger partial charge in [0, 0.05) is 17.9 Å². The third kappa shape index (κ3) is 6.75. The van der Waals surface area contributed by atoms with Gasteiger partial charge in [0.25, 0.3) is 5.91 Å². The van der Waals surface area contributed by atoms with Gasteiger partial charge in [0.1, 0.15) is 28.5 Å². The highest BCUT2D eigenvalue weighted by Crippen LogP contribution is 2.42. The van der Waals surface area contributed by atoms with Gasteiger partial charge in [0.05, 0.1) is 17.6 Å². The summed E-state index contributed by atoms with van der Waals surface area (Å²) in [5.41, 5.74) is 3.61. The Morgan fingerprint density at radius 2 is 1.66 bits per heavy atom. The zero-order chi connectivity index (χ0) is 35.0. The van der Waals surface area contributed by atoms with Crippen LogP contribution in [0.15, 0.2) is 108 Å². The van der Waals surface area contributed by atoms with Gasteiger partial charge in [-0.2, -0.15) is 0 Å². The number of likely N-dealkylation sites (tertiary alicyclic amines) is 1. The number of alkyl carbamates (subject to hydrolysis) is 1. The molecule has 7 rings (SSSR count). The van der Waals surface area contributed by atoms with Gasteiger partial charge in [0.2, 0.25) is 5.91 Å². The zero-order valence-corrected chi connectivity index (χ0v) is 28.7. The number of para-hydroxylation sites is 2. The van der Waals surface area contributed by atoms with Crippen LogP contribution in [0.1, 0.15) is 50.2 Å². The summed E-state index contributed by atoms with van der Waals surface area (Å²) >= 11 is 1.40. The monoisotopic (exact) mass is 691 g/mol. The number of benzene rings is 3. The van der Waals surface area contributed by atoms with Crippen LogP contribution in [0, 0.1) is 0 Å². The fourth-order valence-electron chi connectivity index (χ4n) is 6.35. The topological polar surface area (TPSA) is 134 Å². The highest BCUT2D eigenvalue weighted by atomic mass is 32.2. The summed E-state index contributed by atoms with van der Waals surface area (Å²) in [6.45, 7) is 6.02. The predicted octanol–water partition coefficient (Wildman–Crippen LogP) is 5.62. The standard InChI is InChI=1S/C38H37N5O6S/c1-38(2,3)49-37(47)41-30-34(45)43-31(36(46)48-32(23-12-6-4-7-13-23)24-14-8-5-9-15-24)26(22-50-35(30)43)20-25-18-19-42(33(25)44)21-29-39-27-16-10-11-17-28(27)40-29/h4-17,20,30,32,35H,18-19,21-22H2,1-3H3,(H,39,40)(H,41,47)/b25-20+/t30-,35-/m1/s1. The molecule has 256 valence electrons. The lowest BCUT2D eigenvalue weighted by Crippen LogP contribution is -2.70. The molecule has 1 aromatic heterocycles. The number of imidazole rings is 1. The van der Waals surface area contributed by atoms with Gasteiger partial charge in [-0.15, -0.1) is 11.8 Å². The van der Waals surface area contributed by atoms with Crippen molar-refractivity contribution >= 4 is 46.7 Å². The van der Waals surface area contributed by atoms with Crippen LogP contribution in [-0.2, 0) is 30.4 Å². The molecular weight excluding hydrogens is 655 g/mol. The number of thioether (sulfide) groups is 1. The number of hydrogen-bond acceptors (Lipinski definition) is 8. The van der Waals surface area contributed by atoms with Crippen LogP contribution in [0.3, 0.4) is 0 Å². The van der Waals surface area contributed by atoms with Gasteiger partial charge in [-0.05, 0) is 62.1 Å². The highest BCUT2D eigenvalue weighted by molar-refractivity contribution is 8.00. The molecular formula is C38H37N5O6S. The van der Waals surface area contributed by atoms with Crippen molar-refractivity contribution in [2.24, 2.45) is 0 Å². The minimum atomic E-state index is -0.890. The maximum atomic E-state index is 14.3. The molecule has 2 N–H and O–H groups in total. The third-order valence-corrected chi connectivity index (χ3v) is 9.94. The van der Waals surface area contributed by atoms with Gasteiger partial charge < -0.3 is 24.7 Å². The molecule has 0 aliphatic carbocycles. The second-order valence-corrected chi connectivity index (χ2v) is 14.5. The molecule has 2 fully saturated rings. The molecule has 2 atom stereocenters. The van der Waals surface area contributed by atoms with Crippen molar-refractivity contribution in [3.8, 4) is 0 Å². The number of nitrogens with zero attached hydrogens (tertiary/aromatic N) is 3. The number of carbonyl (C=O) groups excluding carboxylic acids is 4. The molecule has 4 aromatic rings. The molecule has 50 heavy (non-hydrogen) atoms. The summed E-state index contributed by atoms with van der Waals surface area (Å²) < 4.78 is 11.6. The summed E-state index contributed by atoms with van der Waals surface area (Å²) in [7, 11) is 0. The maximum absolute atomic E-state index is 14.3.